The number of amides is 1. The number of hydrogen-bond acceptors (Lipinski definition) is 6. The van der Waals surface area contributed by atoms with Crippen LogP contribution >= 0.6 is 11.6 Å². The minimum atomic E-state index is -0.608. The van der Waals surface area contributed by atoms with E-state index in [-0.39, 0.29) is 53.1 Å². The number of ether oxygens (including phenoxy) is 1. The number of rotatable bonds is 7. The summed E-state index contributed by atoms with van der Waals surface area (Å²) in [5.74, 6) is -1.33. The zero-order valence-corrected chi connectivity index (χ0v) is 27.1. The first-order valence-corrected chi connectivity index (χ1v) is 16.5. The number of pyridine rings is 1. The average Bonchev–Trinajstić information content (AvgIpc) is 3.68. The third-order valence-electron chi connectivity index (χ3n) is 10.2. The van der Waals surface area contributed by atoms with Crippen molar-refractivity contribution in [1.29, 1.82) is 5.26 Å². The summed E-state index contributed by atoms with van der Waals surface area (Å²) < 4.78 is 37.5. The molecule has 3 aliphatic heterocycles. The average molecular weight is 667 g/mol. The number of anilines is 1. The van der Waals surface area contributed by atoms with Gasteiger partial charge in [0.1, 0.15) is 35.9 Å². The topological polar surface area (TPSA) is 77.1 Å². The van der Waals surface area contributed by atoms with Crippen LogP contribution in [0, 0.1) is 29.5 Å². The minimum absolute atomic E-state index is 0.0552. The van der Waals surface area contributed by atoms with Crippen LogP contribution in [0.3, 0.4) is 0 Å². The van der Waals surface area contributed by atoms with Gasteiger partial charge in [-0.25, -0.2) is 20.3 Å². The van der Waals surface area contributed by atoms with Gasteiger partial charge in [-0.05, 0) is 74.0 Å². The summed E-state index contributed by atoms with van der Waals surface area (Å²) in [7, 11) is 0. The Morgan fingerprint density at radius 2 is 1.94 bits per heavy atom. The van der Waals surface area contributed by atoms with Crippen molar-refractivity contribution in [2.75, 3.05) is 50.8 Å². The molecule has 0 aliphatic carbocycles. The van der Waals surface area contributed by atoms with Crippen molar-refractivity contribution in [3.05, 3.63) is 88.8 Å². The monoisotopic (exact) mass is 666 g/mol. The zero-order valence-electron chi connectivity index (χ0n) is 26.3. The van der Waals surface area contributed by atoms with E-state index < -0.39 is 17.7 Å². The molecule has 0 bridgehead atoms. The fraction of sp³-hybridized carbons (Fsp3) is 0.351. The first kappa shape index (κ1) is 31.8. The maximum absolute atomic E-state index is 16.4. The number of aromatic nitrogens is 1. The second-order valence-electron chi connectivity index (χ2n) is 12.8. The van der Waals surface area contributed by atoms with Crippen LogP contribution in [-0.4, -0.2) is 78.1 Å². The number of carbonyl (C=O) groups excluding carboxylic acids is 1. The van der Waals surface area contributed by atoms with E-state index in [2.05, 4.69) is 22.4 Å². The van der Waals surface area contributed by atoms with Crippen LogP contribution in [0.4, 0.5) is 14.5 Å². The maximum atomic E-state index is 16.4. The molecule has 0 N–H and O–H groups in total. The predicted octanol–water partition coefficient (Wildman–Crippen LogP) is 6.99. The summed E-state index contributed by atoms with van der Waals surface area (Å²) in [4.78, 5) is 27.1. The highest BCUT2D eigenvalue weighted by Crippen LogP contribution is 2.43. The van der Waals surface area contributed by atoms with E-state index in [9.17, 15) is 14.4 Å². The Bertz CT molecular complexity index is 2050. The Morgan fingerprint density at radius 3 is 2.67 bits per heavy atom. The molecule has 244 valence electrons. The highest BCUT2D eigenvalue weighted by Gasteiger charge is 2.45. The van der Waals surface area contributed by atoms with Crippen LogP contribution in [-0.2, 0) is 4.79 Å². The molecule has 4 aromatic rings. The molecule has 4 heterocycles. The molecule has 48 heavy (non-hydrogen) atoms. The van der Waals surface area contributed by atoms with Gasteiger partial charge >= 0.3 is 0 Å². The van der Waals surface area contributed by atoms with E-state index in [0.717, 1.165) is 38.8 Å². The first-order valence-electron chi connectivity index (χ1n) is 16.1. The second kappa shape index (κ2) is 12.7. The lowest BCUT2D eigenvalue weighted by Gasteiger charge is -2.40. The Labute approximate surface area is 282 Å². The molecule has 1 amide bonds. The summed E-state index contributed by atoms with van der Waals surface area (Å²) >= 11 is 6.44. The van der Waals surface area contributed by atoms with Crippen LogP contribution in [0.5, 0.6) is 5.88 Å². The third-order valence-corrected chi connectivity index (χ3v) is 10.6. The van der Waals surface area contributed by atoms with Gasteiger partial charge in [0, 0.05) is 36.0 Å². The molecule has 1 atom stereocenters. The summed E-state index contributed by atoms with van der Waals surface area (Å²) in [6, 6.07) is 12.9. The molecule has 0 saturated carbocycles. The Kier molecular flexibility index (Phi) is 8.41. The van der Waals surface area contributed by atoms with Crippen LogP contribution in [0.15, 0.2) is 55.1 Å². The van der Waals surface area contributed by atoms with Crippen molar-refractivity contribution in [1.82, 2.24) is 14.8 Å². The number of hydrogen-bond donors (Lipinski definition) is 0. The molecule has 3 saturated heterocycles. The third kappa shape index (κ3) is 5.30. The molecule has 0 unspecified atom stereocenters. The quantitative estimate of drug-likeness (QED) is 0.156. The predicted molar refractivity (Wildman–Crippen MR) is 182 cm³/mol. The number of nitriles is 1. The Balaban J connectivity index is 1.40. The van der Waals surface area contributed by atoms with E-state index in [1.54, 1.807) is 35.2 Å². The van der Waals surface area contributed by atoms with Gasteiger partial charge in [-0.1, -0.05) is 42.4 Å². The lowest BCUT2D eigenvalue weighted by molar-refractivity contribution is -0.128. The van der Waals surface area contributed by atoms with Gasteiger partial charge in [0.2, 0.25) is 18.3 Å². The van der Waals surface area contributed by atoms with Gasteiger partial charge in [-0.3, -0.25) is 9.69 Å². The first-order chi connectivity index (χ1) is 23.3. The smallest absolute Gasteiger partial charge is 0.246 e. The summed E-state index contributed by atoms with van der Waals surface area (Å²) in [5.41, 5.74) is 1.48. The molecule has 1 aromatic heterocycles. The Hall–Kier alpha value is -4.77. The van der Waals surface area contributed by atoms with Crippen LogP contribution in [0.2, 0.25) is 5.02 Å². The summed E-state index contributed by atoms with van der Waals surface area (Å²) in [6.07, 6.45) is 5.40. The van der Waals surface area contributed by atoms with E-state index in [1.165, 1.54) is 18.2 Å². The van der Waals surface area contributed by atoms with Gasteiger partial charge in [0.15, 0.2) is 0 Å². The van der Waals surface area contributed by atoms with E-state index in [4.69, 9.17) is 27.9 Å². The zero-order chi connectivity index (χ0) is 33.6. The van der Waals surface area contributed by atoms with E-state index in [1.807, 2.05) is 4.90 Å². The molecule has 8 nitrogen and oxygen atoms in total. The van der Waals surface area contributed by atoms with E-state index >= 15 is 4.39 Å². The number of halogens is 3. The normalized spacial score (nSPS) is 18.9. The van der Waals surface area contributed by atoms with E-state index in [0.29, 0.717) is 46.1 Å². The maximum Gasteiger partial charge on any atom is 0.246 e. The highest BCUT2D eigenvalue weighted by atomic mass is 35.5. The van der Waals surface area contributed by atoms with Gasteiger partial charge < -0.3 is 19.4 Å². The largest absolute Gasteiger partial charge is 0.475 e. The number of fused-ring (bicyclic) bond motifs is 3. The number of piperazine rings is 1. The lowest BCUT2D eigenvalue weighted by atomic mass is 9.95. The van der Waals surface area contributed by atoms with Gasteiger partial charge in [-0.15, -0.1) is 0 Å². The fourth-order valence-electron chi connectivity index (χ4n) is 7.91. The van der Waals surface area contributed by atoms with Crippen molar-refractivity contribution < 1.29 is 18.3 Å². The minimum Gasteiger partial charge on any atom is -0.475 e. The molecular formula is C37H33ClF2N6O2. The summed E-state index contributed by atoms with van der Waals surface area (Å²) in [6.45, 7) is 14.5. The SMILES string of the molecule is [C-]#[N+]C[C@H]1CN(c2c(C#N)c(OCC34CCCN3CCC4)nc3cc(-c4cccc5ccc(F)c(Cl)c45)c(F)cc23)CCN1C(=O)C=C. The molecule has 11 heteroatoms. The molecule has 0 spiro atoms. The van der Waals surface area contributed by atoms with Crippen LogP contribution in [0.25, 0.3) is 37.6 Å². The van der Waals surface area contributed by atoms with Gasteiger partial charge in [0.25, 0.3) is 0 Å². The van der Waals surface area contributed by atoms with Crippen molar-refractivity contribution in [2.45, 2.75) is 37.3 Å². The second-order valence-corrected chi connectivity index (χ2v) is 13.1. The molecule has 0 radical (unpaired) electrons. The number of carbonyl (C=O) groups is 1. The van der Waals surface area contributed by atoms with Gasteiger partial charge in [0.05, 0.1) is 21.8 Å². The molecule has 3 aliphatic rings. The standard InChI is InChI=1S/C37H33ClF2N6O2/c1-3-32(47)46-16-15-44(21-24(46)20-42-2)35-27-17-30(40)26(25-8-4-7-23-9-10-29(39)34(38)33(23)25)18-31(27)43-36(28(35)19-41)48-22-37-11-5-13-45(37)14-6-12-37/h3-4,7-10,17-18,24H,1,5-6,11-16,20-22H2/t24-/m0/s1. The van der Waals surface area contributed by atoms with Crippen LogP contribution in [0.1, 0.15) is 31.2 Å². The lowest BCUT2D eigenvalue weighted by Crippen LogP contribution is -2.56. The van der Waals surface area contributed by atoms with Crippen molar-refractivity contribution >= 4 is 44.9 Å². The fourth-order valence-corrected chi connectivity index (χ4v) is 8.18. The highest BCUT2D eigenvalue weighted by molar-refractivity contribution is 6.37. The molecular weight excluding hydrogens is 634 g/mol. The Morgan fingerprint density at radius 1 is 1.15 bits per heavy atom. The summed E-state index contributed by atoms with van der Waals surface area (Å²) in [5, 5.41) is 11.9. The molecule has 3 fully saturated rings. The van der Waals surface area contributed by atoms with Crippen LogP contribution < -0.4 is 9.64 Å². The van der Waals surface area contributed by atoms with Crippen molar-refractivity contribution in [3.8, 4) is 23.1 Å². The van der Waals surface area contributed by atoms with Gasteiger partial charge in [-0.2, -0.15) is 5.26 Å². The molecule has 7 rings (SSSR count). The number of nitrogens with zero attached hydrogens (tertiary/aromatic N) is 6. The van der Waals surface area contributed by atoms with Crippen molar-refractivity contribution in [2.24, 2.45) is 0 Å². The number of benzene rings is 3. The van der Waals surface area contributed by atoms with Crippen molar-refractivity contribution in [3.63, 3.8) is 0 Å². The molecule has 3 aromatic carbocycles.